The van der Waals surface area contributed by atoms with Gasteiger partial charge in [0.1, 0.15) is 0 Å². The van der Waals surface area contributed by atoms with Crippen molar-refractivity contribution in [3.63, 3.8) is 0 Å². The summed E-state index contributed by atoms with van der Waals surface area (Å²) in [7, 11) is 4.14. The summed E-state index contributed by atoms with van der Waals surface area (Å²) in [6.07, 6.45) is 6.60. The monoisotopic (exact) mass is 394 g/mol. The molecule has 2 rings (SSSR count). The molecule has 0 radical (unpaired) electrons. The minimum absolute atomic E-state index is 0.284. The van der Waals surface area contributed by atoms with Crippen molar-refractivity contribution in [2.24, 2.45) is 4.99 Å². The average Bonchev–Trinajstić information content (AvgIpc) is 2.69. The topological polar surface area (TPSA) is 46.1 Å². The van der Waals surface area contributed by atoms with Crippen molar-refractivity contribution < 1.29 is 0 Å². The Morgan fingerprint density at radius 1 is 0.964 bits per heavy atom. The number of guanidine groups is 1. The number of rotatable bonds is 8. The van der Waals surface area contributed by atoms with Crippen LogP contribution in [0.5, 0.6) is 0 Å². The van der Waals surface area contributed by atoms with Gasteiger partial charge in [0, 0.05) is 44.3 Å². The number of likely N-dealkylation sites (tertiary alicyclic amines) is 2. The van der Waals surface area contributed by atoms with E-state index in [0.717, 1.165) is 25.6 Å². The molecule has 28 heavy (non-hydrogen) atoms. The van der Waals surface area contributed by atoms with E-state index >= 15 is 0 Å². The third-order valence-corrected chi connectivity index (χ3v) is 6.74. The molecule has 2 aliphatic rings. The van der Waals surface area contributed by atoms with Gasteiger partial charge in [0.2, 0.25) is 0 Å². The van der Waals surface area contributed by atoms with E-state index in [9.17, 15) is 0 Å². The molecule has 2 N–H and O–H groups in total. The van der Waals surface area contributed by atoms with Crippen molar-refractivity contribution in [3.8, 4) is 0 Å². The Morgan fingerprint density at radius 2 is 1.57 bits per heavy atom. The molecule has 6 nitrogen and oxygen atoms in total. The fraction of sp³-hybridized carbons (Fsp3) is 0.955. The van der Waals surface area contributed by atoms with Gasteiger partial charge in [-0.3, -0.25) is 14.8 Å². The molecule has 2 fully saturated rings. The van der Waals surface area contributed by atoms with Crippen LogP contribution in [0.25, 0.3) is 0 Å². The first kappa shape index (κ1) is 23.4. The lowest BCUT2D eigenvalue weighted by atomic mass is 9.84. The van der Waals surface area contributed by atoms with Gasteiger partial charge >= 0.3 is 0 Å². The lowest BCUT2D eigenvalue weighted by molar-refractivity contribution is 0.0173. The molecule has 0 amide bonds. The standard InChI is InChI=1S/C22H46N6/c1-19(2)28(20(3)4)17-12-24-21(23-5)25-18-22(10-15-26(6)16-11-22)27-13-8-7-9-14-27/h19-20H,7-18H2,1-6H3,(H2,23,24,25). The summed E-state index contributed by atoms with van der Waals surface area (Å²) >= 11 is 0. The summed E-state index contributed by atoms with van der Waals surface area (Å²) in [5.41, 5.74) is 0.284. The van der Waals surface area contributed by atoms with E-state index in [2.05, 4.69) is 65.1 Å². The summed E-state index contributed by atoms with van der Waals surface area (Å²) in [5.74, 6) is 0.947. The smallest absolute Gasteiger partial charge is 0.191 e. The second-order valence-corrected chi connectivity index (χ2v) is 9.35. The Labute approximate surface area is 174 Å². The molecule has 0 atom stereocenters. The normalized spacial score (nSPS) is 22.2. The Kier molecular flexibility index (Phi) is 9.51. The molecule has 0 spiro atoms. The molecule has 0 aromatic heterocycles. The number of nitrogens with zero attached hydrogens (tertiary/aromatic N) is 4. The Balaban J connectivity index is 1.89. The molecule has 0 saturated carbocycles. The number of nitrogens with one attached hydrogen (secondary N) is 2. The van der Waals surface area contributed by atoms with E-state index in [4.69, 9.17) is 0 Å². The van der Waals surface area contributed by atoms with Crippen molar-refractivity contribution in [3.05, 3.63) is 0 Å². The molecule has 6 heteroatoms. The van der Waals surface area contributed by atoms with Crippen molar-refractivity contribution in [1.29, 1.82) is 0 Å². The molecule has 164 valence electrons. The van der Waals surface area contributed by atoms with Crippen LogP contribution in [0, 0.1) is 0 Å². The van der Waals surface area contributed by atoms with Crippen molar-refractivity contribution in [2.45, 2.75) is 77.4 Å². The van der Waals surface area contributed by atoms with Gasteiger partial charge in [-0.2, -0.15) is 0 Å². The lowest BCUT2D eigenvalue weighted by Gasteiger charge is -2.50. The van der Waals surface area contributed by atoms with Gasteiger partial charge in [-0.05, 0) is 86.6 Å². The zero-order valence-electron chi connectivity index (χ0n) is 19.4. The van der Waals surface area contributed by atoms with Gasteiger partial charge in [-0.15, -0.1) is 0 Å². The highest BCUT2D eigenvalue weighted by Gasteiger charge is 2.39. The van der Waals surface area contributed by atoms with Crippen LogP contribution in [-0.2, 0) is 0 Å². The van der Waals surface area contributed by atoms with Gasteiger partial charge < -0.3 is 15.5 Å². The fourth-order valence-corrected chi connectivity index (χ4v) is 4.89. The molecule has 0 aromatic carbocycles. The summed E-state index contributed by atoms with van der Waals surface area (Å²) in [6, 6.07) is 1.14. The number of hydrogen-bond acceptors (Lipinski definition) is 4. The van der Waals surface area contributed by atoms with Crippen molar-refractivity contribution in [2.75, 3.05) is 59.9 Å². The first-order valence-corrected chi connectivity index (χ1v) is 11.5. The molecule has 0 bridgehead atoms. The van der Waals surface area contributed by atoms with Crippen LogP contribution in [0.3, 0.4) is 0 Å². The molecule has 0 aromatic rings. The predicted molar refractivity (Wildman–Crippen MR) is 121 cm³/mol. The van der Waals surface area contributed by atoms with Gasteiger partial charge in [-0.1, -0.05) is 6.42 Å². The molecule has 2 aliphatic heterocycles. The summed E-state index contributed by atoms with van der Waals surface area (Å²) < 4.78 is 0. The first-order chi connectivity index (χ1) is 13.4. The second kappa shape index (κ2) is 11.4. The second-order valence-electron chi connectivity index (χ2n) is 9.35. The van der Waals surface area contributed by atoms with Crippen LogP contribution >= 0.6 is 0 Å². The zero-order valence-corrected chi connectivity index (χ0v) is 19.4. The van der Waals surface area contributed by atoms with Crippen LogP contribution in [0.2, 0.25) is 0 Å². The van der Waals surface area contributed by atoms with Crippen molar-refractivity contribution in [1.82, 2.24) is 25.3 Å². The van der Waals surface area contributed by atoms with Gasteiger partial charge in [0.15, 0.2) is 5.96 Å². The lowest BCUT2D eigenvalue weighted by Crippen LogP contribution is -2.62. The minimum Gasteiger partial charge on any atom is -0.355 e. The van der Waals surface area contributed by atoms with E-state index < -0.39 is 0 Å². The molecule has 0 unspecified atom stereocenters. The van der Waals surface area contributed by atoms with E-state index in [0.29, 0.717) is 12.1 Å². The Bertz CT molecular complexity index is 454. The first-order valence-electron chi connectivity index (χ1n) is 11.5. The number of aliphatic imine (C=N–C) groups is 1. The van der Waals surface area contributed by atoms with Gasteiger partial charge in [-0.25, -0.2) is 0 Å². The van der Waals surface area contributed by atoms with Crippen LogP contribution in [0.1, 0.15) is 59.8 Å². The van der Waals surface area contributed by atoms with E-state index in [1.54, 1.807) is 0 Å². The fourth-order valence-electron chi connectivity index (χ4n) is 4.89. The molecule has 0 aliphatic carbocycles. The van der Waals surface area contributed by atoms with E-state index in [1.165, 1.54) is 58.3 Å². The Hall–Kier alpha value is -0.850. The quantitative estimate of drug-likeness (QED) is 0.488. The minimum atomic E-state index is 0.284. The summed E-state index contributed by atoms with van der Waals surface area (Å²) in [4.78, 5) is 12.3. The highest BCUT2D eigenvalue weighted by Crippen LogP contribution is 2.30. The Morgan fingerprint density at radius 3 is 2.11 bits per heavy atom. The maximum Gasteiger partial charge on any atom is 0.191 e. The van der Waals surface area contributed by atoms with Crippen LogP contribution in [-0.4, -0.2) is 98.2 Å². The van der Waals surface area contributed by atoms with Crippen molar-refractivity contribution >= 4 is 5.96 Å². The zero-order chi connectivity index (χ0) is 20.6. The SMILES string of the molecule is CN=C(NCCN(C(C)C)C(C)C)NCC1(N2CCCCC2)CCN(C)CC1. The molecule has 2 saturated heterocycles. The van der Waals surface area contributed by atoms with E-state index in [1.807, 2.05) is 7.05 Å². The maximum absolute atomic E-state index is 4.50. The molecular formula is C22H46N6. The van der Waals surface area contributed by atoms with Crippen LogP contribution < -0.4 is 10.6 Å². The average molecular weight is 395 g/mol. The van der Waals surface area contributed by atoms with Crippen LogP contribution in [0.15, 0.2) is 4.99 Å². The maximum atomic E-state index is 4.50. The third-order valence-electron chi connectivity index (χ3n) is 6.74. The number of piperidine rings is 2. The van der Waals surface area contributed by atoms with E-state index in [-0.39, 0.29) is 5.54 Å². The highest BCUT2D eigenvalue weighted by atomic mass is 15.3. The largest absolute Gasteiger partial charge is 0.355 e. The molecule has 2 heterocycles. The van der Waals surface area contributed by atoms with Gasteiger partial charge in [0.05, 0.1) is 0 Å². The predicted octanol–water partition coefficient (Wildman–Crippen LogP) is 2.22. The third kappa shape index (κ3) is 6.60. The summed E-state index contributed by atoms with van der Waals surface area (Å²) in [5, 5.41) is 7.23. The molecular weight excluding hydrogens is 348 g/mol. The van der Waals surface area contributed by atoms with Gasteiger partial charge in [0.25, 0.3) is 0 Å². The van der Waals surface area contributed by atoms with Crippen LogP contribution in [0.4, 0.5) is 0 Å². The number of hydrogen-bond donors (Lipinski definition) is 2. The highest BCUT2D eigenvalue weighted by molar-refractivity contribution is 5.79. The summed E-state index contributed by atoms with van der Waals surface area (Å²) in [6.45, 7) is 17.0.